The van der Waals surface area contributed by atoms with Crippen LogP contribution in [0.4, 0.5) is 0 Å². The lowest BCUT2D eigenvalue weighted by atomic mass is 10.1. The Balaban J connectivity index is 1.83. The molecule has 1 aliphatic rings. The highest BCUT2D eigenvalue weighted by Gasteiger charge is 2.21. The van der Waals surface area contributed by atoms with Gasteiger partial charge in [-0.3, -0.25) is 9.69 Å². The minimum absolute atomic E-state index is 0.0955. The van der Waals surface area contributed by atoms with Crippen molar-refractivity contribution in [3.05, 3.63) is 35.4 Å². The maximum Gasteiger partial charge on any atom is 0.253 e. The summed E-state index contributed by atoms with van der Waals surface area (Å²) in [6.07, 6.45) is 0.246. The van der Waals surface area contributed by atoms with Gasteiger partial charge in [0.05, 0.1) is 12.7 Å². The Morgan fingerprint density at radius 3 is 2.95 bits per heavy atom. The fraction of sp³-hybridized carbons (Fsp3) is 0.588. The monoisotopic (exact) mass is 305 g/mol. The van der Waals surface area contributed by atoms with E-state index in [9.17, 15) is 4.79 Å². The van der Waals surface area contributed by atoms with Crippen LogP contribution in [0.25, 0.3) is 0 Å². The van der Waals surface area contributed by atoms with Gasteiger partial charge < -0.3 is 15.0 Å². The van der Waals surface area contributed by atoms with Crippen LogP contribution in [0.1, 0.15) is 15.9 Å². The largest absolute Gasteiger partial charge is 0.374 e. The number of benzene rings is 1. The second-order valence-electron chi connectivity index (χ2n) is 5.89. The number of carbonyl (C=O) groups excluding carboxylic acids is 1. The minimum atomic E-state index is 0.0955. The first-order chi connectivity index (χ1) is 10.6. The molecule has 1 unspecified atom stereocenters. The minimum Gasteiger partial charge on any atom is -0.374 e. The number of likely N-dealkylation sites (N-methyl/N-ethyl adjacent to an activating group) is 2. The molecule has 1 atom stereocenters. The van der Waals surface area contributed by atoms with Gasteiger partial charge >= 0.3 is 0 Å². The molecule has 5 nitrogen and oxygen atoms in total. The molecule has 0 spiro atoms. The van der Waals surface area contributed by atoms with Crippen molar-refractivity contribution >= 4 is 5.91 Å². The van der Waals surface area contributed by atoms with E-state index < -0.39 is 0 Å². The molecule has 0 saturated carbocycles. The molecule has 1 saturated heterocycles. The Kier molecular flexibility index (Phi) is 6.36. The number of rotatable bonds is 6. The number of amides is 1. The Bertz CT molecular complexity index is 491. The molecule has 122 valence electrons. The number of nitrogens with zero attached hydrogens (tertiary/aromatic N) is 2. The first kappa shape index (κ1) is 16.9. The Labute approximate surface area is 133 Å². The molecule has 0 bridgehead atoms. The molecule has 1 N–H and O–H groups in total. The van der Waals surface area contributed by atoms with Gasteiger partial charge in [0, 0.05) is 45.3 Å². The number of ether oxygens (including phenoxy) is 1. The molecule has 1 aromatic carbocycles. The van der Waals surface area contributed by atoms with Crippen molar-refractivity contribution in [2.24, 2.45) is 0 Å². The van der Waals surface area contributed by atoms with Crippen LogP contribution in [0.15, 0.2) is 24.3 Å². The molecular weight excluding hydrogens is 278 g/mol. The predicted molar refractivity (Wildman–Crippen MR) is 88.2 cm³/mol. The highest BCUT2D eigenvalue weighted by molar-refractivity contribution is 5.95. The molecule has 1 fully saturated rings. The number of hydrogen-bond donors (Lipinski definition) is 1. The SMILES string of the molecule is CNCC1CN(CCN(C)C(=O)c2ccccc2C)CCO1. The number of aryl methyl sites for hydroxylation is 1. The van der Waals surface area contributed by atoms with E-state index in [2.05, 4.69) is 10.2 Å². The Morgan fingerprint density at radius 2 is 2.23 bits per heavy atom. The van der Waals surface area contributed by atoms with Gasteiger partial charge in [-0.25, -0.2) is 0 Å². The fourth-order valence-electron chi connectivity index (χ4n) is 2.75. The lowest BCUT2D eigenvalue weighted by Crippen LogP contribution is -2.48. The van der Waals surface area contributed by atoms with Gasteiger partial charge in [-0.05, 0) is 25.6 Å². The van der Waals surface area contributed by atoms with Crippen molar-refractivity contribution in [3.63, 3.8) is 0 Å². The predicted octanol–water partition coefficient (Wildman–Crippen LogP) is 0.987. The topological polar surface area (TPSA) is 44.8 Å². The van der Waals surface area contributed by atoms with E-state index in [1.807, 2.05) is 50.2 Å². The van der Waals surface area contributed by atoms with Crippen molar-refractivity contribution in [3.8, 4) is 0 Å². The molecule has 1 amide bonds. The van der Waals surface area contributed by atoms with Crippen LogP contribution in [0.5, 0.6) is 0 Å². The maximum absolute atomic E-state index is 12.5. The van der Waals surface area contributed by atoms with Crippen LogP contribution in [0.3, 0.4) is 0 Å². The smallest absolute Gasteiger partial charge is 0.253 e. The summed E-state index contributed by atoms with van der Waals surface area (Å²) in [5.74, 6) is 0.0955. The van der Waals surface area contributed by atoms with Gasteiger partial charge in [-0.15, -0.1) is 0 Å². The van der Waals surface area contributed by atoms with E-state index in [1.165, 1.54) is 0 Å². The maximum atomic E-state index is 12.5. The number of carbonyl (C=O) groups is 1. The normalized spacial score (nSPS) is 19.1. The summed E-state index contributed by atoms with van der Waals surface area (Å²) < 4.78 is 5.70. The lowest BCUT2D eigenvalue weighted by Gasteiger charge is -2.33. The summed E-state index contributed by atoms with van der Waals surface area (Å²) >= 11 is 0. The summed E-state index contributed by atoms with van der Waals surface area (Å²) in [6.45, 7) is 7.10. The van der Waals surface area contributed by atoms with Crippen LogP contribution in [-0.2, 0) is 4.74 Å². The highest BCUT2D eigenvalue weighted by atomic mass is 16.5. The van der Waals surface area contributed by atoms with Crippen molar-refractivity contribution in [2.75, 3.05) is 53.4 Å². The quantitative estimate of drug-likeness (QED) is 0.851. The molecule has 1 aromatic rings. The number of nitrogens with one attached hydrogen (secondary N) is 1. The van der Waals surface area contributed by atoms with Crippen LogP contribution in [0, 0.1) is 6.92 Å². The summed E-state index contributed by atoms with van der Waals surface area (Å²) in [5, 5.41) is 3.15. The summed E-state index contributed by atoms with van der Waals surface area (Å²) in [7, 11) is 3.82. The summed E-state index contributed by atoms with van der Waals surface area (Å²) in [5.41, 5.74) is 1.82. The van der Waals surface area contributed by atoms with Crippen LogP contribution >= 0.6 is 0 Å². The van der Waals surface area contributed by atoms with Crippen molar-refractivity contribution in [1.82, 2.24) is 15.1 Å². The van der Waals surface area contributed by atoms with Crippen molar-refractivity contribution in [1.29, 1.82) is 0 Å². The van der Waals surface area contributed by atoms with Gasteiger partial charge in [0.25, 0.3) is 5.91 Å². The van der Waals surface area contributed by atoms with Gasteiger partial charge in [0.1, 0.15) is 0 Å². The Morgan fingerprint density at radius 1 is 1.45 bits per heavy atom. The molecule has 1 aliphatic heterocycles. The molecule has 22 heavy (non-hydrogen) atoms. The zero-order valence-corrected chi connectivity index (χ0v) is 13.8. The molecule has 1 heterocycles. The second-order valence-corrected chi connectivity index (χ2v) is 5.89. The van der Waals surface area contributed by atoms with E-state index in [-0.39, 0.29) is 12.0 Å². The van der Waals surface area contributed by atoms with E-state index in [4.69, 9.17) is 4.74 Å². The van der Waals surface area contributed by atoms with Crippen molar-refractivity contribution in [2.45, 2.75) is 13.0 Å². The molecule has 0 aliphatic carbocycles. The van der Waals surface area contributed by atoms with E-state index >= 15 is 0 Å². The van der Waals surface area contributed by atoms with E-state index in [0.29, 0.717) is 0 Å². The lowest BCUT2D eigenvalue weighted by molar-refractivity contribution is -0.0274. The fourth-order valence-corrected chi connectivity index (χ4v) is 2.75. The second kappa shape index (κ2) is 8.27. The number of morpholine rings is 1. The summed E-state index contributed by atoms with van der Waals surface area (Å²) in [4.78, 5) is 16.7. The third kappa shape index (κ3) is 4.53. The van der Waals surface area contributed by atoms with E-state index in [1.54, 1.807) is 0 Å². The molecule has 2 rings (SSSR count). The van der Waals surface area contributed by atoms with Crippen LogP contribution < -0.4 is 5.32 Å². The van der Waals surface area contributed by atoms with Gasteiger partial charge in [-0.2, -0.15) is 0 Å². The zero-order chi connectivity index (χ0) is 15.9. The first-order valence-electron chi connectivity index (χ1n) is 7.91. The van der Waals surface area contributed by atoms with Gasteiger partial charge in [0.2, 0.25) is 0 Å². The first-order valence-corrected chi connectivity index (χ1v) is 7.91. The summed E-state index contributed by atoms with van der Waals surface area (Å²) in [6, 6.07) is 7.75. The standard InChI is InChI=1S/C17H27N3O2/c1-14-6-4-5-7-16(14)17(21)19(3)8-9-20-10-11-22-15(13-20)12-18-2/h4-7,15,18H,8-13H2,1-3H3. The highest BCUT2D eigenvalue weighted by Crippen LogP contribution is 2.10. The average molecular weight is 305 g/mol. The van der Waals surface area contributed by atoms with Crippen LogP contribution in [-0.4, -0.2) is 75.2 Å². The molecule has 0 aromatic heterocycles. The van der Waals surface area contributed by atoms with Gasteiger partial charge in [0.15, 0.2) is 0 Å². The molecular formula is C17H27N3O2. The average Bonchev–Trinajstić information content (AvgIpc) is 2.53. The Hall–Kier alpha value is -1.43. The van der Waals surface area contributed by atoms with Crippen LogP contribution in [0.2, 0.25) is 0 Å². The third-order valence-electron chi connectivity index (χ3n) is 4.13. The molecule has 5 heteroatoms. The van der Waals surface area contributed by atoms with Gasteiger partial charge in [-0.1, -0.05) is 18.2 Å². The zero-order valence-electron chi connectivity index (χ0n) is 13.8. The van der Waals surface area contributed by atoms with Crippen molar-refractivity contribution < 1.29 is 9.53 Å². The molecule has 0 radical (unpaired) electrons. The number of hydrogen-bond acceptors (Lipinski definition) is 4. The third-order valence-corrected chi connectivity index (χ3v) is 4.13. The van der Waals surface area contributed by atoms with E-state index in [0.717, 1.165) is 50.5 Å².